The van der Waals surface area contributed by atoms with E-state index in [9.17, 15) is 22.8 Å². The van der Waals surface area contributed by atoms with E-state index in [1.54, 1.807) is 20.8 Å². The van der Waals surface area contributed by atoms with Gasteiger partial charge in [0.2, 0.25) is 11.7 Å². The zero-order valence-corrected chi connectivity index (χ0v) is 16.1. The molecule has 1 N–H and O–H groups in total. The van der Waals surface area contributed by atoms with Crippen LogP contribution in [-0.2, 0) is 28.8 Å². The average Bonchev–Trinajstić information content (AvgIpc) is 2.86. The van der Waals surface area contributed by atoms with Gasteiger partial charge in [-0.05, 0) is 27.7 Å². The Morgan fingerprint density at radius 3 is 2.37 bits per heavy atom. The molecule has 2 amide bonds. The number of hydrogen-bond donors (Lipinski definition) is 1. The minimum atomic E-state index is -4.61. The van der Waals surface area contributed by atoms with Gasteiger partial charge in [0.15, 0.2) is 5.82 Å². The Bertz CT molecular complexity index is 727. The van der Waals surface area contributed by atoms with Gasteiger partial charge < -0.3 is 19.5 Å². The largest absolute Gasteiger partial charge is 0.451 e. The summed E-state index contributed by atoms with van der Waals surface area (Å²) in [5.41, 5.74) is -0.728. The maximum absolute atomic E-state index is 12.9. The van der Waals surface area contributed by atoms with E-state index in [0.717, 1.165) is 4.57 Å². The molecule has 1 atom stereocenters. The minimum absolute atomic E-state index is 0.0401. The molecule has 0 saturated heterocycles. The maximum Gasteiger partial charge on any atom is 0.451 e. The van der Waals surface area contributed by atoms with E-state index in [1.807, 2.05) is 0 Å². The van der Waals surface area contributed by atoms with E-state index in [0.29, 0.717) is 0 Å². The van der Waals surface area contributed by atoms with Crippen LogP contribution < -0.4 is 5.32 Å². The van der Waals surface area contributed by atoms with Crippen molar-refractivity contribution in [2.75, 3.05) is 6.54 Å². The Balaban J connectivity index is 1.99. The van der Waals surface area contributed by atoms with Crippen molar-refractivity contribution in [1.29, 1.82) is 0 Å². The van der Waals surface area contributed by atoms with Crippen molar-refractivity contribution in [1.82, 2.24) is 25.0 Å². The first-order valence-electron chi connectivity index (χ1n) is 8.15. The topological polar surface area (TPSA) is 89.4 Å². The van der Waals surface area contributed by atoms with Gasteiger partial charge in [0, 0.05) is 13.1 Å². The summed E-state index contributed by atoms with van der Waals surface area (Å²) in [4.78, 5) is 24.2. The van der Waals surface area contributed by atoms with Crippen LogP contribution in [0.2, 0.25) is 0 Å². The number of hydrogen-bond acceptors (Lipinski definition) is 5. The lowest BCUT2D eigenvalue weighted by Gasteiger charge is -2.31. The lowest BCUT2D eigenvalue weighted by Crippen LogP contribution is -2.48. The predicted molar refractivity (Wildman–Crippen MR) is 88.7 cm³/mol. The number of carbonyl (C=O) groups is 2. The van der Waals surface area contributed by atoms with Crippen LogP contribution in [0.15, 0.2) is 0 Å². The van der Waals surface area contributed by atoms with E-state index in [2.05, 4.69) is 15.5 Å². The van der Waals surface area contributed by atoms with Crippen LogP contribution in [0.25, 0.3) is 0 Å². The van der Waals surface area contributed by atoms with Gasteiger partial charge >= 0.3 is 12.3 Å². The summed E-state index contributed by atoms with van der Waals surface area (Å²) in [5, 5.41) is 9.08. The summed E-state index contributed by atoms with van der Waals surface area (Å²) in [7, 11) is 0. The Kier molecular flexibility index (Phi) is 5.65. The highest BCUT2D eigenvalue weighted by atomic mass is 35.5. The molecule has 0 radical (unpaired) electrons. The molecular formula is C15H21ClF3N5O3. The summed E-state index contributed by atoms with van der Waals surface area (Å²) in [5.74, 6) is -1.48. The molecule has 0 fully saturated rings. The number of nitrogens with zero attached hydrogens (tertiary/aromatic N) is 4. The molecule has 1 aromatic rings. The van der Waals surface area contributed by atoms with Crippen LogP contribution in [0, 0.1) is 0 Å². The summed E-state index contributed by atoms with van der Waals surface area (Å²) in [6.07, 6.45) is -5.65. The normalized spacial score (nSPS) is 17.1. The van der Waals surface area contributed by atoms with Crippen molar-refractivity contribution in [3.05, 3.63) is 11.6 Å². The van der Waals surface area contributed by atoms with Gasteiger partial charge in [0.1, 0.15) is 10.6 Å². The van der Waals surface area contributed by atoms with Crippen molar-refractivity contribution >= 4 is 23.6 Å². The van der Waals surface area contributed by atoms with Gasteiger partial charge in [-0.3, -0.25) is 4.79 Å². The summed E-state index contributed by atoms with van der Waals surface area (Å²) in [6, 6.07) is 0. The van der Waals surface area contributed by atoms with Crippen LogP contribution >= 0.6 is 11.6 Å². The number of rotatable bonds is 3. The monoisotopic (exact) mass is 411 g/mol. The quantitative estimate of drug-likeness (QED) is 0.609. The lowest BCUT2D eigenvalue weighted by molar-refractivity contribution is -0.148. The molecule has 0 aliphatic carbocycles. The van der Waals surface area contributed by atoms with Crippen LogP contribution in [0.5, 0.6) is 0 Å². The molecule has 0 spiro atoms. The first-order chi connectivity index (χ1) is 12.2. The molecule has 152 valence electrons. The fraction of sp³-hybridized carbons (Fsp3) is 0.733. The second-order valence-corrected chi connectivity index (χ2v) is 8.24. The van der Waals surface area contributed by atoms with Crippen molar-refractivity contribution < 1.29 is 27.5 Å². The fourth-order valence-corrected chi connectivity index (χ4v) is 2.73. The van der Waals surface area contributed by atoms with E-state index in [4.69, 9.17) is 16.3 Å². The number of fused-ring (bicyclic) bond motifs is 1. The highest BCUT2D eigenvalue weighted by Crippen LogP contribution is 2.29. The molecular weight excluding hydrogens is 391 g/mol. The third kappa shape index (κ3) is 5.72. The average molecular weight is 412 g/mol. The number of amides is 2. The smallest absolute Gasteiger partial charge is 0.444 e. The van der Waals surface area contributed by atoms with Crippen molar-refractivity contribution in [3.63, 3.8) is 0 Å². The standard InChI is InChI=1S/C15H21ClF3N5O3/c1-13(2,3)27-12(26)20-14(4,16)7-10(25)23-5-6-24-9(8-23)21-22-11(24)15(17,18)19/h5-8H2,1-4H3,(H,20,26)/t14-/m1/s1. The SMILES string of the molecule is CC(C)(C)OC(=O)N[C@@](C)(Cl)CC(=O)N1CCn2c(nnc2C(F)(F)F)C1. The Hall–Kier alpha value is -2.04. The number of aromatic nitrogens is 3. The van der Waals surface area contributed by atoms with E-state index in [1.165, 1.54) is 11.8 Å². The minimum Gasteiger partial charge on any atom is -0.444 e. The van der Waals surface area contributed by atoms with Gasteiger partial charge in [-0.2, -0.15) is 13.2 Å². The first-order valence-corrected chi connectivity index (χ1v) is 8.53. The van der Waals surface area contributed by atoms with Gasteiger partial charge in [-0.1, -0.05) is 11.6 Å². The molecule has 12 heteroatoms. The Labute approximate surface area is 159 Å². The number of halogens is 4. The number of nitrogens with one attached hydrogen (secondary N) is 1. The number of alkyl halides is 4. The second kappa shape index (κ2) is 7.17. The maximum atomic E-state index is 12.9. The number of alkyl carbamates (subject to hydrolysis) is 1. The zero-order valence-electron chi connectivity index (χ0n) is 15.4. The molecule has 0 saturated carbocycles. The fourth-order valence-electron chi connectivity index (χ4n) is 2.54. The molecule has 0 aromatic carbocycles. The molecule has 0 bridgehead atoms. The predicted octanol–water partition coefficient (Wildman–Crippen LogP) is 2.51. The number of ether oxygens (including phenoxy) is 1. The Morgan fingerprint density at radius 2 is 1.81 bits per heavy atom. The summed E-state index contributed by atoms with van der Waals surface area (Å²) in [6.45, 7) is 6.33. The van der Waals surface area contributed by atoms with Gasteiger partial charge in [0.05, 0.1) is 13.0 Å². The van der Waals surface area contributed by atoms with E-state index in [-0.39, 0.29) is 31.9 Å². The molecule has 8 nitrogen and oxygen atoms in total. The molecule has 0 unspecified atom stereocenters. The lowest BCUT2D eigenvalue weighted by atomic mass is 10.2. The van der Waals surface area contributed by atoms with Gasteiger partial charge in [-0.25, -0.2) is 4.79 Å². The van der Waals surface area contributed by atoms with Crippen molar-refractivity contribution in [3.8, 4) is 0 Å². The van der Waals surface area contributed by atoms with Crippen molar-refractivity contribution in [2.45, 2.75) is 64.0 Å². The van der Waals surface area contributed by atoms with Gasteiger partial charge in [0.25, 0.3) is 0 Å². The highest BCUT2D eigenvalue weighted by Gasteiger charge is 2.40. The summed E-state index contributed by atoms with van der Waals surface area (Å²) >= 11 is 6.20. The van der Waals surface area contributed by atoms with Crippen LogP contribution in [0.3, 0.4) is 0 Å². The first kappa shape index (κ1) is 21.3. The molecule has 1 aromatic heterocycles. The third-order valence-corrected chi connectivity index (χ3v) is 3.83. The molecule has 2 rings (SSSR count). The van der Waals surface area contributed by atoms with Crippen LogP contribution in [0.4, 0.5) is 18.0 Å². The Morgan fingerprint density at radius 1 is 1.19 bits per heavy atom. The summed E-state index contributed by atoms with van der Waals surface area (Å²) < 4.78 is 44.6. The number of carbonyl (C=O) groups excluding carboxylic acids is 2. The van der Waals surface area contributed by atoms with Crippen LogP contribution in [0.1, 0.15) is 45.8 Å². The van der Waals surface area contributed by atoms with Crippen LogP contribution in [-0.4, -0.2) is 48.8 Å². The zero-order chi connectivity index (χ0) is 20.6. The molecule has 2 heterocycles. The molecule has 1 aliphatic heterocycles. The van der Waals surface area contributed by atoms with E-state index < -0.39 is 34.6 Å². The third-order valence-electron chi connectivity index (χ3n) is 3.60. The molecule has 1 aliphatic rings. The van der Waals surface area contributed by atoms with Gasteiger partial charge in [-0.15, -0.1) is 10.2 Å². The van der Waals surface area contributed by atoms with Crippen molar-refractivity contribution in [2.24, 2.45) is 0 Å². The molecule has 27 heavy (non-hydrogen) atoms. The second-order valence-electron chi connectivity index (χ2n) is 7.41. The van der Waals surface area contributed by atoms with E-state index >= 15 is 0 Å². The highest BCUT2D eigenvalue weighted by molar-refractivity contribution is 6.25.